The summed E-state index contributed by atoms with van der Waals surface area (Å²) in [6, 6.07) is 15.4. The molecule has 0 saturated carbocycles. The van der Waals surface area contributed by atoms with E-state index in [2.05, 4.69) is 27.2 Å². The lowest BCUT2D eigenvalue weighted by molar-refractivity contribution is -0.131. The van der Waals surface area contributed by atoms with E-state index in [1.165, 1.54) is 5.69 Å². The number of benzene rings is 2. The largest absolute Gasteiger partial charge is 0.497 e. The van der Waals surface area contributed by atoms with Crippen molar-refractivity contribution in [1.82, 2.24) is 19.7 Å². The molecule has 1 aliphatic rings. The number of ether oxygens (including phenoxy) is 1. The Balaban J connectivity index is 1.31. The minimum atomic E-state index is -0.625. The second-order valence-electron chi connectivity index (χ2n) is 9.37. The minimum Gasteiger partial charge on any atom is -0.497 e. The molecule has 1 saturated heterocycles. The van der Waals surface area contributed by atoms with Gasteiger partial charge in [0.15, 0.2) is 0 Å². The van der Waals surface area contributed by atoms with E-state index in [4.69, 9.17) is 4.74 Å². The van der Waals surface area contributed by atoms with Crippen molar-refractivity contribution >= 4 is 34.2 Å². The normalized spacial score (nSPS) is 13.9. The summed E-state index contributed by atoms with van der Waals surface area (Å²) in [6.07, 6.45) is 1.63. The van der Waals surface area contributed by atoms with E-state index >= 15 is 0 Å². The average molecular weight is 520 g/mol. The molecular formula is C29H37N5O4. The number of aromatic nitrogens is 1. The summed E-state index contributed by atoms with van der Waals surface area (Å²) in [5, 5.41) is 3.47. The van der Waals surface area contributed by atoms with Crippen molar-refractivity contribution < 1.29 is 19.1 Å². The van der Waals surface area contributed by atoms with Crippen LogP contribution in [0.4, 0.5) is 5.69 Å². The number of rotatable bonds is 11. The van der Waals surface area contributed by atoms with Crippen LogP contribution in [0.2, 0.25) is 0 Å². The summed E-state index contributed by atoms with van der Waals surface area (Å²) < 4.78 is 7.00. The smallest absolute Gasteiger partial charge is 0.292 e. The van der Waals surface area contributed by atoms with Crippen LogP contribution < -0.4 is 15.0 Å². The first-order valence-electron chi connectivity index (χ1n) is 13.2. The van der Waals surface area contributed by atoms with Crippen LogP contribution in [0.15, 0.2) is 54.7 Å². The molecule has 2 aromatic carbocycles. The Morgan fingerprint density at radius 3 is 2.29 bits per heavy atom. The van der Waals surface area contributed by atoms with E-state index in [-0.39, 0.29) is 12.5 Å². The van der Waals surface area contributed by atoms with Gasteiger partial charge in [0, 0.05) is 75.1 Å². The molecule has 0 radical (unpaired) electrons. The maximum absolute atomic E-state index is 13.1. The number of likely N-dealkylation sites (N-methyl/N-ethyl adjacent to an activating group) is 1. The molecule has 4 rings (SSSR count). The molecule has 202 valence electrons. The van der Waals surface area contributed by atoms with Gasteiger partial charge in [-0.1, -0.05) is 18.2 Å². The lowest BCUT2D eigenvalue weighted by atomic mass is 10.1. The Morgan fingerprint density at radius 1 is 0.947 bits per heavy atom. The maximum atomic E-state index is 13.1. The van der Waals surface area contributed by atoms with Gasteiger partial charge in [0.2, 0.25) is 5.91 Å². The highest BCUT2D eigenvalue weighted by Gasteiger charge is 2.23. The van der Waals surface area contributed by atoms with Gasteiger partial charge in [0.05, 0.1) is 12.7 Å². The van der Waals surface area contributed by atoms with E-state index in [0.717, 1.165) is 37.4 Å². The fourth-order valence-corrected chi connectivity index (χ4v) is 4.93. The van der Waals surface area contributed by atoms with Crippen molar-refractivity contribution in [2.45, 2.75) is 20.4 Å². The molecule has 2 heterocycles. The average Bonchev–Trinajstić information content (AvgIpc) is 3.31. The lowest BCUT2D eigenvalue weighted by Crippen LogP contribution is -2.48. The molecule has 1 aromatic heterocycles. The number of piperazine rings is 1. The number of carbonyl (C=O) groups is 3. The maximum Gasteiger partial charge on any atom is 0.292 e. The van der Waals surface area contributed by atoms with Gasteiger partial charge in [-0.25, -0.2) is 0 Å². The molecule has 0 bridgehead atoms. The van der Waals surface area contributed by atoms with Crippen LogP contribution in [-0.4, -0.2) is 91.4 Å². The third kappa shape index (κ3) is 6.16. The van der Waals surface area contributed by atoms with Gasteiger partial charge < -0.3 is 24.4 Å². The second kappa shape index (κ2) is 12.6. The number of fused-ring (bicyclic) bond motifs is 1. The van der Waals surface area contributed by atoms with Gasteiger partial charge >= 0.3 is 0 Å². The zero-order chi connectivity index (χ0) is 27.1. The van der Waals surface area contributed by atoms with E-state index < -0.39 is 11.7 Å². The molecular weight excluding hydrogens is 482 g/mol. The van der Waals surface area contributed by atoms with Gasteiger partial charge in [0.1, 0.15) is 12.3 Å². The summed E-state index contributed by atoms with van der Waals surface area (Å²) in [5.41, 5.74) is 2.25. The number of methoxy groups -OCH3 is 1. The van der Waals surface area contributed by atoms with Gasteiger partial charge in [-0.3, -0.25) is 19.3 Å². The van der Waals surface area contributed by atoms with Crippen molar-refractivity contribution in [3.05, 3.63) is 60.3 Å². The first-order valence-corrected chi connectivity index (χ1v) is 13.2. The first-order chi connectivity index (χ1) is 18.4. The topological polar surface area (TPSA) is 87.1 Å². The highest BCUT2D eigenvalue weighted by molar-refractivity contribution is 6.45. The summed E-state index contributed by atoms with van der Waals surface area (Å²) >= 11 is 0. The summed E-state index contributed by atoms with van der Waals surface area (Å²) in [6.45, 7) is 9.87. The zero-order valence-corrected chi connectivity index (χ0v) is 22.5. The Bertz CT molecular complexity index is 1260. The van der Waals surface area contributed by atoms with Gasteiger partial charge in [-0.15, -0.1) is 0 Å². The van der Waals surface area contributed by atoms with Crippen LogP contribution in [0.1, 0.15) is 24.2 Å². The summed E-state index contributed by atoms with van der Waals surface area (Å²) in [5.74, 6) is -0.388. The minimum absolute atomic E-state index is 0.0220. The van der Waals surface area contributed by atoms with Crippen LogP contribution in [-0.2, 0) is 16.1 Å². The van der Waals surface area contributed by atoms with Crippen molar-refractivity contribution in [1.29, 1.82) is 0 Å². The highest BCUT2D eigenvalue weighted by atomic mass is 16.5. The van der Waals surface area contributed by atoms with Gasteiger partial charge in [-0.05, 0) is 44.2 Å². The Kier molecular flexibility index (Phi) is 9.02. The van der Waals surface area contributed by atoms with Crippen molar-refractivity contribution in [3.63, 3.8) is 0 Å². The number of ketones is 1. The molecule has 1 N–H and O–H groups in total. The lowest BCUT2D eigenvalue weighted by Gasteiger charge is -2.36. The number of nitrogens with one attached hydrogen (secondary N) is 1. The Hall–Kier alpha value is -3.85. The number of Topliss-reactive ketones (excluding diaryl/α,β-unsaturated/α-hetero) is 1. The van der Waals surface area contributed by atoms with Crippen LogP contribution in [0.25, 0.3) is 10.9 Å². The van der Waals surface area contributed by atoms with Crippen LogP contribution in [0.3, 0.4) is 0 Å². The Labute approximate surface area is 223 Å². The molecule has 9 heteroatoms. The highest BCUT2D eigenvalue weighted by Crippen LogP contribution is 2.23. The monoisotopic (exact) mass is 519 g/mol. The number of carbonyl (C=O) groups excluding carboxylic acids is 3. The predicted octanol–water partition coefficient (Wildman–Crippen LogP) is 2.64. The quantitative estimate of drug-likeness (QED) is 0.310. The van der Waals surface area contributed by atoms with Gasteiger partial charge in [-0.2, -0.15) is 0 Å². The number of para-hydroxylation sites is 1. The van der Waals surface area contributed by atoms with Crippen LogP contribution >= 0.6 is 0 Å². The summed E-state index contributed by atoms with van der Waals surface area (Å²) in [7, 11) is 1.66. The van der Waals surface area contributed by atoms with Crippen LogP contribution in [0.5, 0.6) is 5.75 Å². The molecule has 0 spiro atoms. The van der Waals surface area contributed by atoms with E-state index in [1.54, 1.807) is 22.8 Å². The van der Waals surface area contributed by atoms with Crippen molar-refractivity contribution in [3.8, 4) is 5.75 Å². The second-order valence-corrected chi connectivity index (χ2v) is 9.37. The third-order valence-corrected chi connectivity index (χ3v) is 7.18. The van der Waals surface area contributed by atoms with E-state index in [1.807, 2.05) is 50.2 Å². The molecule has 0 aliphatic carbocycles. The molecule has 1 fully saturated rings. The van der Waals surface area contributed by atoms with Crippen molar-refractivity contribution in [2.24, 2.45) is 0 Å². The number of nitrogens with zero attached hydrogens (tertiary/aromatic N) is 4. The fourth-order valence-electron chi connectivity index (χ4n) is 4.93. The molecule has 1 aliphatic heterocycles. The third-order valence-electron chi connectivity index (χ3n) is 7.18. The van der Waals surface area contributed by atoms with E-state index in [0.29, 0.717) is 37.1 Å². The van der Waals surface area contributed by atoms with Gasteiger partial charge in [0.25, 0.3) is 11.7 Å². The molecule has 3 aromatic rings. The number of hydrogen-bond acceptors (Lipinski definition) is 6. The fraction of sp³-hybridized carbons (Fsp3) is 0.414. The first kappa shape index (κ1) is 27.2. The zero-order valence-electron chi connectivity index (χ0n) is 22.5. The van der Waals surface area contributed by atoms with E-state index in [9.17, 15) is 14.4 Å². The molecule has 38 heavy (non-hydrogen) atoms. The molecule has 9 nitrogen and oxygen atoms in total. The summed E-state index contributed by atoms with van der Waals surface area (Å²) in [4.78, 5) is 44.9. The number of amides is 2. The standard InChI is InChI=1S/C29H37N5O4/c1-4-32(5-2)27(35)21-34-20-25(24-8-6-7-9-26(24)34)28(36)29(37)30-14-15-31-16-18-33(19-17-31)22-10-12-23(38-3)13-11-22/h6-13,20H,4-5,14-19,21H2,1-3H3,(H,30,37). The van der Waals surface area contributed by atoms with Crippen molar-refractivity contribution in [2.75, 3.05) is 64.4 Å². The predicted molar refractivity (Wildman–Crippen MR) is 149 cm³/mol. The molecule has 0 atom stereocenters. The Morgan fingerprint density at radius 2 is 1.63 bits per heavy atom. The van der Waals surface area contributed by atoms with Crippen LogP contribution in [0, 0.1) is 0 Å². The molecule has 2 amide bonds. The number of hydrogen-bond donors (Lipinski definition) is 1. The SMILES string of the molecule is CCN(CC)C(=O)Cn1cc(C(=O)C(=O)NCCN2CCN(c3ccc(OC)cc3)CC2)c2ccccc21. The molecule has 0 unspecified atom stereocenters. The number of anilines is 1.